The molecular weight excluding hydrogens is 206 g/mol. The zero-order valence-electron chi connectivity index (χ0n) is 9.82. The number of hydrogen-bond donors (Lipinski definition) is 2. The third-order valence-corrected chi connectivity index (χ3v) is 2.29. The van der Waals surface area contributed by atoms with E-state index in [1.54, 1.807) is 6.20 Å². The predicted molar refractivity (Wildman–Crippen MR) is 60.6 cm³/mol. The van der Waals surface area contributed by atoms with Gasteiger partial charge in [0.25, 0.3) is 0 Å². The van der Waals surface area contributed by atoms with Gasteiger partial charge in [-0.25, -0.2) is 4.98 Å². The molecule has 5 heteroatoms. The van der Waals surface area contributed by atoms with Gasteiger partial charge in [-0.2, -0.15) is 0 Å². The number of nitrogens with zero attached hydrogens (tertiary/aromatic N) is 1. The first-order valence-electron chi connectivity index (χ1n) is 5.58. The van der Waals surface area contributed by atoms with Crippen LogP contribution in [0.15, 0.2) is 10.6 Å². The fraction of sp³-hybridized carbons (Fsp3) is 0.636. The van der Waals surface area contributed by atoms with E-state index in [0.29, 0.717) is 18.9 Å². The van der Waals surface area contributed by atoms with Gasteiger partial charge in [0.2, 0.25) is 11.8 Å². The molecular formula is C11H19N3O2. The summed E-state index contributed by atoms with van der Waals surface area (Å²) >= 11 is 0. The van der Waals surface area contributed by atoms with Gasteiger partial charge in [-0.1, -0.05) is 19.8 Å². The van der Waals surface area contributed by atoms with Crippen molar-refractivity contribution in [1.82, 2.24) is 10.3 Å². The van der Waals surface area contributed by atoms with Gasteiger partial charge in [0, 0.05) is 0 Å². The van der Waals surface area contributed by atoms with E-state index in [0.717, 1.165) is 18.6 Å². The molecule has 5 nitrogen and oxygen atoms in total. The van der Waals surface area contributed by atoms with E-state index in [2.05, 4.69) is 17.2 Å². The highest BCUT2D eigenvalue weighted by molar-refractivity contribution is 5.81. The Bertz CT molecular complexity index is 336. The number of amides is 1. The maximum Gasteiger partial charge on any atom is 0.237 e. The molecule has 0 aromatic carbocycles. The summed E-state index contributed by atoms with van der Waals surface area (Å²) in [7, 11) is 0. The van der Waals surface area contributed by atoms with E-state index >= 15 is 0 Å². The minimum atomic E-state index is -0.434. The largest absolute Gasteiger partial charge is 0.444 e. The summed E-state index contributed by atoms with van der Waals surface area (Å²) < 4.78 is 5.23. The van der Waals surface area contributed by atoms with Gasteiger partial charge in [0.05, 0.1) is 18.8 Å². The number of oxazole rings is 1. The summed E-state index contributed by atoms with van der Waals surface area (Å²) in [4.78, 5) is 15.5. The van der Waals surface area contributed by atoms with Crippen molar-refractivity contribution in [2.75, 3.05) is 0 Å². The van der Waals surface area contributed by atoms with Crippen LogP contribution >= 0.6 is 0 Å². The van der Waals surface area contributed by atoms with Crippen LogP contribution in [0.25, 0.3) is 0 Å². The van der Waals surface area contributed by atoms with Gasteiger partial charge in [0.15, 0.2) is 0 Å². The lowest BCUT2D eigenvalue weighted by molar-refractivity contribution is -0.122. The van der Waals surface area contributed by atoms with Crippen LogP contribution in [0.1, 0.15) is 37.8 Å². The molecule has 1 atom stereocenters. The number of aryl methyl sites for hydroxylation is 1. The fourth-order valence-electron chi connectivity index (χ4n) is 1.33. The Morgan fingerprint density at radius 2 is 2.44 bits per heavy atom. The van der Waals surface area contributed by atoms with E-state index in [4.69, 9.17) is 10.2 Å². The summed E-state index contributed by atoms with van der Waals surface area (Å²) in [6.07, 6.45) is 4.35. The summed E-state index contributed by atoms with van der Waals surface area (Å²) in [5.41, 5.74) is 5.71. The molecule has 0 aliphatic carbocycles. The Labute approximate surface area is 95.4 Å². The smallest absolute Gasteiger partial charge is 0.237 e. The molecule has 1 aromatic rings. The Balaban J connectivity index is 2.29. The Morgan fingerprint density at radius 3 is 3.00 bits per heavy atom. The molecule has 3 N–H and O–H groups in total. The highest BCUT2D eigenvalue weighted by atomic mass is 16.4. The van der Waals surface area contributed by atoms with Crippen molar-refractivity contribution in [2.24, 2.45) is 5.73 Å². The highest BCUT2D eigenvalue weighted by Crippen LogP contribution is 2.02. The number of carbonyl (C=O) groups is 1. The minimum Gasteiger partial charge on any atom is -0.444 e. The lowest BCUT2D eigenvalue weighted by atomic mass is 10.1. The number of nitrogens with one attached hydrogen (secondary N) is 1. The van der Waals surface area contributed by atoms with Crippen molar-refractivity contribution in [2.45, 2.75) is 45.7 Å². The van der Waals surface area contributed by atoms with Crippen LogP contribution in [0.5, 0.6) is 0 Å². The summed E-state index contributed by atoms with van der Waals surface area (Å²) in [6, 6.07) is -0.434. The first-order chi connectivity index (χ1) is 7.63. The topological polar surface area (TPSA) is 81.2 Å². The fourth-order valence-corrected chi connectivity index (χ4v) is 1.33. The third-order valence-electron chi connectivity index (χ3n) is 2.29. The Morgan fingerprint density at radius 1 is 1.69 bits per heavy atom. The summed E-state index contributed by atoms with van der Waals surface area (Å²) in [5.74, 6) is 1.09. The molecule has 0 saturated heterocycles. The molecule has 90 valence electrons. The molecule has 1 rings (SSSR count). The van der Waals surface area contributed by atoms with E-state index < -0.39 is 6.04 Å². The molecule has 0 aliphatic rings. The average molecular weight is 225 g/mol. The van der Waals surface area contributed by atoms with Crippen LogP contribution in [0.3, 0.4) is 0 Å². The summed E-state index contributed by atoms with van der Waals surface area (Å²) in [6.45, 7) is 4.18. The first kappa shape index (κ1) is 12.7. The molecule has 0 spiro atoms. The van der Waals surface area contributed by atoms with Crippen molar-refractivity contribution in [3.05, 3.63) is 17.8 Å². The normalized spacial score (nSPS) is 12.4. The van der Waals surface area contributed by atoms with Gasteiger partial charge in [0.1, 0.15) is 5.76 Å². The van der Waals surface area contributed by atoms with Gasteiger partial charge >= 0.3 is 0 Å². The molecule has 0 saturated carbocycles. The van der Waals surface area contributed by atoms with E-state index in [1.807, 2.05) is 6.92 Å². The molecule has 0 unspecified atom stereocenters. The molecule has 0 aliphatic heterocycles. The second-order valence-electron chi connectivity index (χ2n) is 3.83. The number of nitrogens with two attached hydrogens (primary N) is 1. The second-order valence-corrected chi connectivity index (χ2v) is 3.83. The maximum atomic E-state index is 11.5. The van der Waals surface area contributed by atoms with E-state index in [9.17, 15) is 4.79 Å². The Kier molecular flexibility index (Phi) is 4.98. The van der Waals surface area contributed by atoms with Crippen molar-refractivity contribution in [3.63, 3.8) is 0 Å². The molecule has 16 heavy (non-hydrogen) atoms. The second kappa shape index (κ2) is 6.27. The third kappa shape index (κ3) is 4.02. The van der Waals surface area contributed by atoms with Crippen molar-refractivity contribution < 1.29 is 9.21 Å². The molecule has 0 bridgehead atoms. The number of carbonyl (C=O) groups excluding carboxylic acids is 1. The first-order valence-corrected chi connectivity index (χ1v) is 5.58. The average Bonchev–Trinajstić information content (AvgIpc) is 2.68. The van der Waals surface area contributed by atoms with Crippen LogP contribution < -0.4 is 11.1 Å². The van der Waals surface area contributed by atoms with Crippen molar-refractivity contribution in [1.29, 1.82) is 0 Å². The zero-order chi connectivity index (χ0) is 12.0. The van der Waals surface area contributed by atoms with Crippen molar-refractivity contribution in [3.8, 4) is 0 Å². The van der Waals surface area contributed by atoms with Gasteiger partial charge in [-0.3, -0.25) is 4.79 Å². The molecule has 1 amide bonds. The van der Waals surface area contributed by atoms with Crippen LogP contribution in [-0.2, 0) is 11.3 Å². The molecule has 1 aromatic heterocycles. The SMILES string of the molecule is CCCC[C@H](N)C(=O)NCc1ncc(C)o1. The Hall–Kier alpha value is -1.36. The van der Waals surface area contributed by atoms with Gasteiger partial charge < -0.3 is 15.5 Å². The lowest BCUT2D eigenvalue weighted by Crippen LogP contribution is -2.40. The zero-order valence-corrected chi connectivity index (χ0v) is 9.82. The number of rotatable bonds is 6. The molecule has 0 fully saturated rings. The monoisotopic (exact) mass is 225 g/mol. The van der Waals surface area contributed by atoms with Gasteiger partial charge in [-0.15, -0.1) is 0 Å². The molecule has 1 heterocycles. The number of unbranched alkanes of at least 4 members (excludes halogenated alkanes) is 1. The summed E-state index contributed by atoms with van der Waals surface area (Å²) in [5, 5.41) is 2.70. The maximum absolute atomic E-state index is 11.5. The standard InChI is InChI=1S/C11H19N3O2/c1-3-4-5-9(12)11(15)14-7-10-13-6-8(2)16-10/h6,9H,3-5,7,12H2,1-2H3,(H,14,15)/t9-/m0/s1. The number of hydrogen-bond acceptors (Lipinski definition) is 4. The van der Waals surface area contributed by atoms with Crippen molar-refractivity contribution >= 4 is 5.91 Å². The number of aromatic nitrogens is 1. The van der Waals surface area contributed by atoms with E-state index in [-0.39, 0.29) is 5.91 Å². The predicted octanol–water partition coefficient (Wildman–Crippen LogP) is 1.12. The minimum absolute atomic E-state index is 0.149. The van der Waals surface area contributed by atoms with Crippen LogP contribution in [-0.4, -0.2) is 16.9 Å². The van der Waals surface area contributed by atoms with Crippen LogP contribution in [0.2, 0.25) is 0 Å². The van der Waals surface area contributed by atoms with Crippen LogP contribution in [0, 0.1) is 6.92 Å². The quantitative estimate of drug-likeness (QED) is 0.760. The highest BCUT2D eigenvalue weighted by Gasteiger charge is 2.12. The lowest BCUT2D eigenvalue weighted by Gasteiger charge is -2.10. The van der Waals surface area contributed by atoms with E-state index in [1.165, 1.54) is 0 Å². The van der Waals surface area contributed by atoms with Gasteiger partial charge in [-0.05, 0) is 13.3 Å². The van der Waals surface area contributed by atoms with Crippen LogP contribution in [0.4, 0.5) is 0 Å². The molecule has 0 radical (unpaired) electrons.